The summed E-state index contributed by atoms with van der Waals surface area (Å²) in [4.78, 5) is 0.0388. The molecule has 142 valence electrons. The fraction of sp³-hybridized carbons (Fsp3) is 0.250. The molecule has 0 amide bonds. The molecule has 7 heteroatoms. The van der Waals surface area contributed by atoms with Crippen molar-refractivity contribution in [2.75, 3.05) is 11.8 Å². The molecule has 1 N–H and O–H groups in total. The maximum absolute atomic E-state index is 13.1. The van der Waals surface area contributed by atoms with E-state index in [2.05, 4.69) is 9.88 Å². The van der Waals surface area contributed by atoms with Crippen LogP contribution in [0.2, 0.25) is 0 Å². The predicted octanol–water partition coefficient (Wildman–Crippen LogP) is 4.38. The average molecular weight is 386 g/mol. The number of benzene rings is 2. The minimum Gasteiger partial charge on any atom is -0.495 e. The van der Waals surface area contributed by atoms with Gasteiger partial charge in [0.05, 0.1) is 18.5 Å². The zero-order chi connectivity index (χ0) is 19.8. The van der Waals surface area contributed by atoms with Crippen molar-refractivity contribution in [3.8, 4) is 17.1 Å². The summed E-state index contributed by atoms with van der Waals surface area (Å²) in [5, 5.41) is 3.94. The van der Waals surface area contributed by atoms with Crippen LogP contribution in [0.5, 0.6) is 5.75 Å². The summed E-state index contributed by atoms with van der Waals surface area (Å²) in [7, 11) is -2.43. The zero-order valence-corrected chi connectivity index (χ0v) is 16.8. The van der Waals surface area contributed by atoms with E-state index in [0.29, 0.717) is 17.0 Å². The summed E-state index contributed by atoms with van der Waals surface area (Å²) < 4.78 is 39.5. The molecule has 0 spiro atoms. The van der Waals surface area contributed by atoms with Crippen molar-refractivity contribution in [1.82, 2.24) is 5.16 Å². The molecule has 0 unspecified atom stereocenters. The second kappa shape index (κ2) is 7.08. The van der Waals surface area contributed by atoms with E-state index in [1.807, 2.05) is 39.8 Å². The first-order chi connectivity index (χ1) is 12.7. The molecule has 0 aliphatic rings. The fourth-order valence-corrected chi connectivity index (χ4v) is 4.09. The number of ether oxygens (including phenoxy) is 1. The monoisotopic (exact) mass is 386 g/mol. The van der Waals surface area contributed by atoms with Crippen LogP contribution in [-0.2, 0) is 10.0 Å². The Balaban J connectivity index is 2.09. The van der Waals surface area contributed by atoms with Crippen molar-refractivity contribution in [2.45, 2.75) is 32.6 Å². The van der Waals surface area contributed by atoms with Crippen LogP contribution in [0.15, 0.2) is 45.8 Å². The van der Waals surface area contributed by atoms with Crippen LogP contribution in [0, 0.1) is 27.7 Å². The van der Waals surface area contributed by atoms with E-state index in [0.717, 1.165) is 22.4 Å². The Morgan fingerprint density at radius 3 is 2.41 bits per heavy atom. The standard InChI is InChI=1S/C20H22N2O4S/c1-12-7-6-8-17(13(12)2)22-27(23,24)19-11-16(9-10-18(19)25-5)20-14(3)15(4)21-26-20/h6-11,22H,1-5H3. The topological polar surface area (TPSA) is 81.4 Å². The number of anilines is 1. The van der Waals surface area contributed by atoms with Crippen molar-refractivity contribution < 1.29 is 17.7 Å². The first kappa shape index (κ1) is 19.0. The van der Waals surface area contributed by atoms with Gasteiger partial charge in [-0.05, 0) is 63.1 Å². The van der Waals surface area contributed by atoms with E-state index < -0.39 is 10.0 Å². The van der Waals surface area contributed by atoms with Gasteiger partial charge in [0.2, 0.25) is 0 Å². The number of rotatable bonds is 5. The third kappa shape index (κ3) is 3.55. The molecular weight excluding hydrogens is 364 g/mol. The van der Waals surface area contributed by atoms with Gasteiger partial charge < -0.3 is 9.26 Å². The second-order valence-corrected chi connectivity index (χ2v) is 8.09. The number of hydrogen-bond donors (Lipinski definition) is 1. The Labute approximate surface area is 159 Å². The van der Waals surface area contributed by atoms with Crippen LogP contribution in [0.3, 0.4) is 0 Å². The number of hydrogen-bond acceptors (Lipinski definition) is 5. The summed E-state index contributed by atoms with van der Waals surface area (Å²) in [5.41, 5.74) is 4.66. The molecule has 0 atom stereocenters. The maximum Gasteiger partial charge on any atom is 0.265 e. The summed E-state index contributed by atoms with van der Waals surface area (Å²) in [6.45, 7) is 7.53. The Morgan fingerprint density at radius 2 is 1.78 bits per heavy atom. The largest absolute Gasteiger partial charge is 0.495 e. The van der Waals surface area contributed by atoms with Gasteiger partial charge in [-0.15, -0.1) is 0 Å². The SMILES string of the molecule is COc1ccc(-c2onc(C)c2C)cc1S(=O)(=O)Nc1cccc(C)c1C. The minimum atomic E-state index is -3.87. The Morgan fingerprint density at radius 1 is 1.04 bits per heavy atom. The van der Waals surface area contributed by atoms with Crippen LogP contribution in [0.25, 0.3) is 11.3 Å². The van der Waals surface area contributed by atoms with Gasteiger partial charge in [0.25, 0.3) is 10.0 Å². The quantitative estimate of drug-likeness (QED) is 0.703. The van der Waals surface area contributed by atoms with Gasteiger partial charge in [0, 0.05) is 11.1 Å². The third-order valence-electron chi connectivity index (χ3n) is 4.72. The normalized spacial score (nSPS) is 11.4. The van der Waals surface area contributed by atoms with Crippen molar-refractivity contribution in [1.29, 1.82) is 0 Å². The van der Waals surface area contributed by atoms with E-state index in [-0.39, 0.29) is 10.6 Å². The van der Waals surface area contributed by atoms with Gasteiger partial charge in [-0.2, -0.15) is 0 Å². The lowest BCUT2D eigenvalue weighted by Gasteiger charge is -2.15. The highest BCUT2D eigenvalue weighted by atomic mass is 32.2. The van der Waals surface area contributed by atoms with E-state index in [1.54, 1.807) is 24.3 Å². The number of aromatic nitrogens is 1. The molecule has 0 aliphatic heterocycles. The highest BCUT2D eigenvalue weighted by Crippen LogP contribution is 2.33. The average Bonchev–Trinajstić information content (AvgIpc) is 2.97. The highest BCUT2D eigenvalue weighted by Gasteiger charge is 2.23. The molecule has 0 radical (unpaired) electrons. The summed E-state index contributed by atoms with van der Waals surface area (Å²) in [6.07, 6.45) is 0. The van der Waals surface area contributed by atoms with Gasteiger partial charge in [-0.1, -0.05) is 17.3 Å². The molecule has 27 heavy (non-hydrogen) atoms. The molecule has 1 aromatic heterocycles. The first-order valence-corrected chi connectivity index (χ1v) is 9.93. The molecule has 0 aliphatic carbocycles. The van der Waals surface area contributed by atoms with E-state index >= 15 is 0 Å². The van der Waals surface area contributed by atoms with E-state index in [1.165, 1.54) is 7.11 Å². The van der Waals surface area contributed by atoms with Gasteiger partial charge in [0.1, 0.15) is 10.6 Å². The summed E-state index contributed by atoms with van der Waals surface area (Å²) in [5.74, 6) is 0.795. The predicted molar refractivity (Wildman–Crippen MR) is 105 cm³/mol. The second-order valence-electron chi connectivity index (χ2n) is 6.44. The van der Waals surface area contributed by atoms with Crippen molar-refractivity contribution >= 4 is 15.7 Å². The van der Waals surface area contributed by atoms with Gasteiger partial charge >= 0.3 is 0 Å². The lowest BCUT2D eigenvalue weighted by atomic mass is 10.1. The maximum atomic E-state index is 13.1. The number of nitrogens with zero attached hydrogens (tertiary/aromatic N) is 1. The van der Waals surface area contributed by atoms with Gasteiger partial charge in [0.15, 0.2) is 5.76 Å². The number of aryl methyl sites for hydroxylation is 2. The highest BCUT2D eigenvalue weighted by molar-refractivity contribution is 7.92. The molecule has 0 saturated carbocycles. The smallest absolute Gasteiger partial charge is 0.265 e. The Bertz CT molecular complexity index is 1100. The van der Waals surface area contributed by atoms with Crippen LogP contribution in [0.1, 0.15) is 22.4 Å². The molecule has 3 aromatic rings. The van der Waals surface area contributed by atoms with Gasteiger partial charge in [-0.25, -0.2) is 8.42 Å². The molecule has 0 bridgehead atoms. The van der Waals surface area contributed by atoms with Crippen LogP contribution >= 0.6 is 0 Å². The van der Waals surface area contributed by atoms with Crippen LogP contribution < -0.4 is 9.46 Å². The molecule has 3 rings (SSSR count). The van der Waals surface area contributed by atoms with Crippen LogP contribution in [-0.4, -0.2) is 20.7 Å². The molecular formula is C20H22N2O4S. The van der Waals surface area contributed by atoms with Crippen molar-refractivity contribution in [3.05, 3.63) is 58.8 Å². The van der Waals surface area contributed by atoms with E-state index in [4.69, 9.17) is 9.26 Å². The summed E-state index contributed by atoms with van der Waals surface area (Å²) in [6, 6.07) is 10.4. The number of sulfonamides is 1. The third-order valence-corrected chi connectivity index (χ3v) is 6.11. The molecule has 1 heterocycles. The Kier molecular flexibility index (Phi) is 4.97. The molecule has 2 aromatic carbocycles. The Hall–Kier alpha value is -2.80. The first-order valence-electron chi connectivity index (χ1n) is 8.45. The molecule has 0 fully saturated rings. The number of nitrogens with one attached hydrogen (secondary N) is 1. The minimum absolute atomic E-state index is 0.0388. The lowest BCUT2D eigenvalue weighted by Crippen LogP contribution is -2.15. The van der Waals surface area contributed by atoms with E-state index in [9.17, 15) is 8.42 Å². The molecule has 6 nitrogen and oxygen atoms in total. The zero-order valence-electron chi connectivity index (χ0n) is 16.0. The summed E-state index contributed by atoms with van der Waals surface area (Å²) >= 11 is 0. The van der Waals surface area contributed by atoms with Crippen LogP contribution in [0.4, 0.5) is 5.69 Å². The van der Waals surface area contributed by atoms with Gasteiger partial charge in [-0.3, -0.25) is 4.72 Å². The van der Waals surface area contributed by atoms with Crippen molar-refractivity contribution in [2.24, 2.45) is 0 Å². The lowest BCUT2D eigenvalue weighted by molar-refractivity contribution is 0.402. The fourth-order valence-electron chi connectivity index (χ4n) is 2.77. The van der Waals surface area contributed by atoms with Crippen molar-refractivity contribution in [3.63, 3.8) is 0 Å². The number of methoxy groups -OCH3 is 1. The molecule has 0 saturated heterocycles.